The molecule has 0 saturated heterocycles. The topological polar surface area (TPSA) is 78.9 Å². The molecule has 0 spiro atoms. The molecule has 11 heavy (non-hydrogen) atoms. The molecule has 0 saturated carbocycles. The molecule has 0 fully saturated rings. The van der Waals surface area contributed by atoms with Crippen molar-refractivity contribution in [2.24, 2.45) is 10.8 Å². The Balaban J connectivity index is 2.52. The molecular weight excluding hydrogens is 146 g/mol. The van der Waals surface area contributed by atoms with E-state index in [9.17, 15) is 4.79 Å². The van der Waals surface area contributed by atoms with Crippen molar-refractivity contribution >= 4 is 12.2 Å². The van der Waals surface area contributed by atoms with Gasteiger partial charge in [-0.3, -0.25) is 9.80 Å². The molecule has 0 bridgehead atoms. The summed E-state index contributed by atoms with van der Waals surface area (Å²) in [5.74, 6) is -0.937. The van der Waals surface area contributed by atoms with Crippen LogP contribution in [-0.2, 0) is 4.79 Å². The van der Waals surface area contributed by atoms with Gasteiger partial charge < -0.3 is 10.8 Å². The average Bonchev–Trinajstić information content (AvgIpc) is 1.93. The molecule has 0 aromatic carbocycles. The highest BCUT2D eigenvalue weighted by molar-refractivity contribution is 5.73. The summed E-state index contributed by atoms with van der Waals surface area (Å²) in [6.45, 7) is -0.165. The Morgan fingerprint density at radius 1 is 1.82 bits per heavy atom. The Morgan fingerprint density at radius 2 is 2.55 bits per heavy atom. The zero-order chi connectivity index (χ0) is 8.27. The van der Waals surface area contributed by atoms with Crippen molar-refractivity contribution in [2.75, 3.05) is 6.54 Å². The number of nitrogens with two attached hydrogens (primary N) is 1. The smallest absolute Gasteiger partial charge is 0.324 e. The highest BCUT2D eigenvalue weighted by Crippen LogP contribution is 1.99. The van der Waals surface area contributed by atoms with Crippen LogP contribution in [0.25, 0.3) is 0 Å². The molecule has 1 atom stereocenters. The van der Waals surface area contributed by atoms with Crippen LogP contribution in [0, 0.1) is 0 Å². The Hall–Kier alpha value is -1.36. The maximum Gasteiger partial charge on any atom is 0.324 e. The van der Waals surface area contributed by atoms with Gasteiger partial charge in [0.1, 0.15) is 12.7 Å². The van der Waals surface area contributed by atoms with Crippen LogP contribution in [0.15, 0.2) is 17.3 Å². The molecule has 3 N–H and O–H groups in total. The normalized spacial score (nSPS) is 22.3. The molecule has 5 nitrogen and oxygen atoms in total. The Kier molecular flexibility index (Phi) is 2.22. The average molecular weight is 155 g/mol. The summed E-state index contributed by atoms with van der Waals surface area (Å²) in [6, 6.07) is 0. The van der Waals surface area contributed by atoms with E-state index in [-0.39, 0.29) is 6.54 Å². The van der Waals surface area contributed by atoms with E-state index >= 15 is 0 Å². The second-order valence-corrected chi connectivity index (χ2v) is 2.13. The predicted molar refractivity (Wildman–Crippen MR) is 39.9 cm³/mol. The lowest BCUT2D eigenvalue weighted by molar-refractivity contribution is -0.138. The first-order valence-corrected chi connectivity index (χ1v) is 3.15. The molecular formula is C6H9N3O2. The van der Waals surface area contributed by atoms with Gasteiger partial charge in [0.05, 0.1) is 0 Å². The summed E-state index contributed by atoms with van der Waals surface area (Å²) in [6.07, 6.45) is 4.45. The van der Waals surface area contributed by atoms with Crippen LogP contribution in [0.3, 0.4) is 0 Å². The number of carboxylic acid groups (broad SMARTS) is 1. The van der Waals surface area contributed by atoms with Crippen molar-refractivity contribution in [1.82, 2.24) is 5.01 Å². The number of hydrogen-bond donors (Lipinski definition) is 2. The summed E-state index contributed by atoms with van der Waals surface area (Å²) in [7, 11) is 0. The van der Waals surface area contributed by atoms with Gasteiger partial charge in [-0.15, -0.1) is 0 Å². The van der Waals surface area contributed by atoms with Crippen LogP contribution in [0.4, 0.5) is 0 Å². The lowest BCUT2D eigenvalue weighted by Gasteiger charge is -2.23. The summed E-state index contributed by atoms with van der Waals surface area (Å²) >= 11 is 0. The van der Waals surface area contributed by atoms with Crippen LogP contribution in [0.2, 0.25) is 0 Å². The fourth-order valence-electron chi connectivity index (χ4n) is 0.749. The van der Waals surface area contributed by atoms with Gasteiger partial charge in [-0.1, -0.05) is 0 Å². The molecule has 1 aliphatic rings. The van der Waals surface area contributed by atoms with E-state index in [1.165, 1.54) is 11.2 Å². The van der Waals surface area contributed by atoms with Gasteiger partial charge in [-0.05, 0) is 12.2 Å². The van der Waals surface area contributed by atoms with Crippen LogP contribution in [-0.4, -0.2) is 35.0 Å². The molecule has 1 heterocycles. The van der Waals surface area contributed by atoms with Crippen molar-refractivity contribution in [3.05, 3.63) is 12.2 Å². The first kappa shape index (κ1) is 7.74. The number of carbonyl (C=O) groups is 1. The Bertz CT molecular complexity index is 212. The second-order valence-electron chi connectivity index (χ2n) is 2.13. The minimum absolute atomic E-state index is 0.165. The van der Waals surface area contributed by atoms with Crippen molar-refractivity contribution < 1.29 is 9.90 Å². The van der Waals surface area contributed by atoms with Crippen molar-refractivity contribution in [2.45, 2.75) is 6.17 Å². The first-order chi connectivity index (χ1) is 5.20. The van der Waals surface area contributed by atoms with Crippen molar-refractivity contribution in [1.29, 1.82) is 0 Å². The number of rotatable bonds is 2. The largest absolute Gasteiger partial charge is 0.480 e. The van der Waals surface area contributed by atoms with Crippen LogP contribution in [0.1, 0.15) is 0 Å². The van der Waals surface area contributed by atoms with Gasteiger partial charge in [0.2, 0.25) is 0 Å². The van der Waals surface area contributed by atoms with Gasteiger partial charge in [-0.25, -0.2) is 0 Å². The maximum absolute atomic E-state index is 10.2. The van der Waals surface area contributed by atoms with E-state index in [1.807, 2.05) is 0 Å². The summed E-state index contributed by atoms with van der Waals surface area (Å²) in [5, 5.41) is 13.4. The number of hydrogen-bond acceptors (Lipinski definition) is 4. The maximum atomic E-state index is 10.2. The van der Waals surface area contributed by atoms with E-state index in [0.29, 0.717) is 0 Å². The molecule has 1 rings (SSSR count). The molecule has 0 aliphatic carbocycles. The quantitative estimate of drug-likeness (QED) is 0.548. The predicted octanol–water partition coefficient (Wildman–Crippen LogP) is -0.787. The molecule has 0 aromatic heterocycles. The van der Waals surface area contributed by atoms with Crippen LogP contribution >= 0.6 is 0 Å². The number of allylic oxidation sites excluding steroid dienone is 1. The van der Waals surface area contributed by atoms with E-state index in [0.717, 1.165) is 0 Å². The molecule has 0 radical (unpaired) electrons. The molecule has 1 unspecified atom stereocenters. The number of hydrazone groups is 1. The fourth-order valence-corrected chi connectivity index (χ4v) is 0.749. The number of carboxylic acids is 1. The zero-order valence-electron chi connectivity index (χ0n) is 5.84. The molecule has 5 heteroatoms. The minimum atomic E-state index is -0.937. The monoisotopic (exact) mass is 155 g/mol. The SMILES string of the molecule is NC1C=CC=NN1CC(=O)O. The zero-order valence-corrected chi connectivity index (χ0v) is 5.84. The van der Waals surface area contributed by atoms with Gasteiger partial charge in [0, 0.05) is 6.21 Å². The van der Waals surface area contributed by atoms with E-state index in [1.54, 1.807) is 12.2 Å². The van der Waals surface area contributed by atoms with Crippen LogP contribution < -0.4 is 5.73 Å². The summed E-state index contributed by atoms with van der Waals surface area (Å²) in [5.41, 5.74) is 5.49. The molecule has 60 valence electrons. The van der Waals surface area contributed by atoms with Gasteiger partial charge in [0.15, 0.2) is 0 Å². The van der Waals surface area contributed by atoms with Crippen molar-refractivity contribution in [3.63, 3.8) is 0 Å². The molecule has 0 amide bonds. The highest BCUT2D eigenvalue weighted by atomic mass is 16.4. The molecule has 1 aliphatic heterocycles. The van der Waals surface area contributed by atoms with Crippen molar-refractivity contribution in [3.8, 4) is 0 Å². The summed E-state index contributed by atoms with van der Waals surface area (Å²) in [4.78, 5) is 10.2. The number of aliphatic carboxylic acids is 1. The fraction of sp³-hybridized carbons (Fsp3) is 0.333. The number of nitrogens with zero attached hydrogens (tertiary/aromatic N) is 2. The second kappa shape index (κ2) is 3.16. The Labute approximate surface area is 63.8 Å². The van der Waals surface area contributed by atoms with E-state index < -0.39 is 12.1 Å². The lowest BCUT2D eigenvalue weighted by atomic mass is 10.4. The highest BCUT2D eigenvalue weighted by Gasteiger charge is 2.13. The third-order valence-corrected chi connectivity index (χ3v) is 1.25. The third kappa shape index (κ3) is 2.05. The first-order valence-electron chi connectivity index (χ1n) is 3.15. The van der Waals surface area contributed by atoms with Gasteiger partial charge >= 0.3 is 5.97 Å². The van der Waals surface area contributed by atoms with Gasteiger partial charge in [0.25, 0.3) is 0 Å². The van der Waals surface area contributed by atoms with Gasteiger partial charge in [-0.2, -0.15) is 5.10 Å². The standard InChI is InChI=1S/C6H9N3O2/c7-5-2-1-3-8-9(5)4-6(10)11/h1-3,5H,4,7H2,(H,10,11). The van der Waals surface area contributed by atoms with E-state index in [2.05, 4.69) is 5.10 Å². The third-order valence-electron chi connectivity index (χ3n) is 1.25. The lowest BCUT2D eigenvalue weighted by Crippen LogP contribution is -2.41. The molecule has 0 aromatic rings. The minimum Gasteiger partial charge on any atom is -0.480 e. The van der Waals surface area contributed by atoms with Crippen LogP contribution in [0.5, 0.6) is 0 Å². The summed E-state index contributed by atoms with van der Waals surface area (Å²) < 4.78 is 0. The Morgan fingerprint density at radius 3 is 3.09 bits per heavy atom. The van der Waals surface area contributed by atoms with E-state index in [4.69, 9.17) is 10.8 Å².